The van der Waals surface area contributed by atoms with Gasteiger partial charge in [0.05, 0.1) is 7.11 Å². The summed E-state index contributed by atoms with van der Waals surface area (Å²) in [5.41, 5.74) is 0.484. The van der Waals surface area contributed by atoms with Crippen LogP contribution in [0.1, 0.15) is 11.7 Å². The molecule has 1 unspecified atom stereocenters. The molecule has 0 heterocycles. The number of aliphatic hydroxyl groups is 1. The molecule has 1 rings (SSSR count). The fourth-order valence-electron chi connectivity index (χ4n) is 0.981. The smallest absolute Gasteiger partial charge is 0.339 e. The zero-order valence-corrected chi connectivity index (χ0v) is 10.5. The topological polar surface area (TPSA) is 46.5 Å². The SMILES string of the molecule is COC(=O)C(O)c1cc(Br)cc(Br)c1. The highest BCUT2D eigenvalue weighted by Crippen LogP contribution is 2.24. The average Bonchev–Trinajstić information content (AvgIpc) is 2.14. The fraction of sp³-hybridized carbons (Fsp3) is 0.222. The minimum atomic E-state index is -1.24. The zero-order chi connectivity index (χ0) is 10.7. The molecule has 76 valence electrons. The highest BCUT2D eigenvalue weighted by Gasteiger charge is 2.18. The zero-order valence-electron chi connectivity index (χ0n) is 7.33. The summed E-state index contributed by atoms with van der Waals surface area (Å²) in [5.74, 6) is -0.671. The van der Waals surface area contributed by atoms with E-state index in [0.29, 0.717) is 5.56 Å². The Kier molecular flexibility index (Phi) is 4.10. The molecule has 0 fully saturated rings. The fourth-order valence-corrected chi connectivity index (χ4v) is 2.31. The van der Waals surface area contributed by atoms with E-state index >= 15 is 0 Å². The van der Waals surface area contributed by atoms with E-state index in [2.05, 4.69) is 36.6 Å². The Hall–Kier alpha value is -0.390. The van der Waals surface area contributed by atoms with Gasteiger partial charge in [-0.25, -0.2) is 4.79 Å². The number of carbonyl (C=O) groups excluding carboxylic acids is 1. The lowest BCUT2D eigenvalue weighted by Gasteiger charge is -2.09. The van der Waals surface area contributed by atoms with Gasteiger partial charge in [0.2, 0.25) is 0 Å². The molecule has 3 nitrogen and oxygen atoms in total. The van der Waals surface area contributed by atoms with Crippen LogP contribution in [0.3, 0.4) is 0 Å². The van der Waals surface area contributed by atoms with Crippen LogP contribution in [0, 0.1) is 0 Å². The first kappa shape index (κ1) is 11.7. The van der Waals surface area contributed by atoms with E-state index in [-0.39, 0.29) is 0 Å². The highest BCUT2D eigenvalue weighted by molar-refractivity contribution is 9.11. The van der Waals surface area contributed by atoms with Gasteiger partial charge in [-0.3, -0.25) is 0 Å². The number of halogens is 2. The van der Waals surface area contributed by atoms with Crippen molar-refractivity contribution in [1.82, 2.24) is 0 Å². The van der Waals surface area contributed by atoms with E-state index in [0.717, 1.165) is 8.95 Å². The van der Waals surface area contributed by atoms with Crippen molar-refractivity contribution in [2.75, 3.05) is 7.11 Å². The number of rotatable bonds is 2. The summed E-state index contributed by atoms with van der Waals surface area (Å²) in [4.78, 5) is 11.0. The van der Waals surface area contributed by atoms with Crippen LogP contribution in [0.4, 0.5) is 0 Å². The van der Waals surface area contributed by atoms with Crippen molar-refractivity contribution in [2.24, 2.45) is 0 Å². The van der Waals surface area contributed by atoms with Gasteiger partial charge >= 0.3 is 5.97 Å². The number of methoxy groups -OCH3 is 1. The van der Waals surface area contributed by atoms with Gasteiger partial charge in [-0.05, 0) is 23.8 Å². The van der Waals surface area contributed by atoms with E-state index in [1.165, 1.54) is 7.11 Å². The second-order valence-electron chi connectivity index (χ2n) is 2.63. The second-order valence-corrected chi connectivity index (χ2v) is 4.46. The molecular weight excluding hydrogens is 316 g/mol. The van der Waals surface area contributed by atoms with Crippen LogP contribution in [0.15, 0.2) is 27.1 Å². The largest absolute Gasteiger partial charge is 0.467 e. The molecule has 1 N–H and O–H groups in total. The summed E-state index contributed by atoms with van der Waals surface area (Å²) >= 11 is 6.52. The van der Waals surface area contributed by atoms with Gasteiger partial charge in [-0.1, -0.05) is 31.9 Å². The third kappa shape index (κ3) is 2.80. The number of aliphatic hydroxyl groups excluding tert-OH is 1. The van der Waals surface area contributed by atoms with Crippen LogP contribution in [-0.2, 0) is 9.53 Å². The van der Waals surface area contributed by atoms with E-state index in [9.17, 15) is 9.90 Å². The Morgan fingerprint density at radius 2 is 1.86 bits per heavy atom. The third-order valence-corrected chi connectivity index (χ3v) is 2.54. The first-order valence-corrected chi connectivity index (χ1v) is 5.35. The van der Waals surface area contributed by atoms with Crippen LogP contribution in [0.25, 0.3) is 0 Å². The third-order valence-electron chi connectivity index (χ3n) is 1.63. The first-order valence-electron chi connectivity index (χ1n) is 3.76. The van der Waals surface area contributed by atoms with Gasteiger partial charge in [0.1, 0.15) is 0 Å². The predicted molar refractivity (Wildman–Crippen MR) is 58.8 cm³/mol. The van der Waals surface area contributed by atoms with Crippen LogP contribution in [0.2, 0.25) is 0 Å². The van der Waals surface area contributed by atoms with Gasteiger partial charge in [0, 0.05) is 8.95 Å². The molecule has 0 aromatic heterocycles. The van der Waals surface area contributed by atoms with E-state index in [1.54, 1.807) is 12.1 Å². The van der Waals surface area contributed by atoms with Crippen molar-refractivity contribution in [3.8, 4) is 0 Å². The van der Waals surface area contributed by atoms with Crippen LogP contribution in [0.5, 0.6) is 0 Å². The molecule has 1 atom stereocenters. The lowest BCUT2D eigenvalue weighted by atomic mass is 10.1. The van der Waals surface area contributed by atoms with Crippen molar-refractivity contribution in [1.29, 1.82) is 0 Å². The Morgan fingerprint density at radius 3 is 2.29 bits per heavy atom. The Morgan fingerprint density at radius 1 is 1.36 bits per heavy atom. The molecule has 0 spiro atoms. The monoisotopic (exact) mass is 322 g/mol. The predicted octanol–water partition coefficient (Wildman–Crippen LogP) is 2.42. The molecule has 0 saturated heterocycles. The molecule has 0 amide bonds. The summed E-state index contributed by atoms with van der Waals surface area (Å²) < 4.78 is 5.99. The molecule has 0 saturated carbocycles. The minimum absolute atomic E-state index is 0.484. The minimum Gasteiger partial charge on any atom is -0.467 e. The molecular formula is C9H8Br2O3. The van der Waals surface area contributed by atoms with Gasteiger partial charge in [0.25, 0.3) is 0 Å². The Balaban J connectivity index is 3.00. The summed E-state index contributed by atoms with van der Waals surface area (Å²) in [7, 11) is 1.23. The molecule has 0 aliphatic heterocycles. The molecule has 0 bridgehead atoms. The number of hydrogen-bond donors (Lipinski definition) is 1. The van der Waals surface area contributed by atoms with Gasteiger partial charge in [0.15, 0.2) is 6.10 Å². The van der Waals surface area contributed by atoms with E-state index in [4.69, 9.17) is 0 Å². The number of esters is 1. The van der Waals surface area contributed by atoms with Gasteiger partial charge in [-0.2, -0.15) is 0 Å². The second kappa shape index (κ2) is 4.91. The first-order chi connectivity index (χ1) is 6.54. The van der Waals surface area contributed by atoms with Crippen molar-refractivity contribution in [2.45, 2.75) is 6.10 Å². The number of benzene rings is 1. The summed E-state index contributed by atoms with van der Waals surface area (Å²) in [6.45, 7) is 0. The molecule has 14 heavy (non-hydrogen) atoms. The van der Waals surface area contributed by atoms with Crippen molar-refractivity contribution >= 4 is 37.8 Å². The number of hydrogen-bond acceptors (Lipinski definition) is 3. The van der Waals surface area contributed by atoms with E-state index < -0.39 is 12.1 Å². The van der Waals surface area contributed by atoms with Crippen molar-refractivity contribution in [3.05, 3.63) is 32.7 Å². The molecule has 0 radical (unpaired) electrons. The van der Waals surface area contributed by atoms with Crippen LogP contribution in [-0.4, -0.2) is 18.2 Å². The van der Waals surface area contributed by atoms with Gasteiger partial charge < -0.3 is 9.84 Å². The summed E-state index contributed by atoms with van der Waals surface area (Å²) in [5, 5.41) is 9.52. The Labute approximate surface area is 98.3 Å². The maximum Gasteiger partial charge on any atom is 0.339 e. The van der Waals surface area contributed by atoms with Crippen molar-refractivity contribution in [3.63, 3.8) is 0 Å². The molecule has 1 aromatic carbocycles. The molecule has 0 aliphatic rings. The Bertz CT molecular complexity index is 332. The molecule has 1 aromatic rings. The highest BCUT2D eigenvalue weighted by atomic mass is 79.9. The van der Waals surface area contributed by atoms with Crippen LogP contribution >= 0.6 is 31.9 Å². The number of ether oxygens (including phenoxy) is 1. The number of carbonyl (C=O) groups is 1. The maximum absolute atomic E-state index is 11.0. The summed E-state index contributed by atoms with van der Waals surface area (Å²) in [6.07, 6.45) is -1.24. The van der Waals surface area contributed by atoms with Gasteiger partial charge in [-0.15, -0.1) is 0 Å². The normalized spacial score (nSPS) is 12.3. The lowest BCUT2D eigenvalue weighted by Crippen LogP contribution is -2.13. The van der Waals surface area contributed by atoms with Crippen molar-refractivity contribution < 1.29 is 14.6 Å². The lowest BCUT2D eigenvalue weighted by molar-refractivity contribution is -0.150. The maximum atomic E-state index is 11.0. The quantitative estimate of drug-likeness (QED) is 0.850. The standard InChI is InChI=1S/C9H8Br2O3/c1-14-9(13)8(12)5-2-6(10)4-7(11)3-5/h2-4,8,12H,1H3. The van der Waals surface area contributed by atoms with Crippen LogP contribution < -0.4 is 0 Å². The molecule has 0 aliphatic carbocycles. The average molecular weight is 324 g/mol. The molecule has 5 heteroatoms. The van der Waals surface area contributed by atoms with E-state index in [1.807, 2.05) is 6.07 Å². The summed E-state index contributed by atoms with van der Waals surface area (Å²) in [6, 6.07) is 5.13.